The minimum absolute atomic E-state index is 0.440. The fraction of sp³-hybridized carbons (Fsp3) is 0.636. The minimum atomic E-state index is -0.629. The quantitative estimate of drug-likeness (QED) is 0.817. The molecule has 0 bridgehead atoms. The van der Waals surface area contributed by atoms with Crippen molar-refractivity contribution >= 4 is 5.97 Å². The summed E-state index contributed by atoms with van der Waals surface area (Å²) in [5, 5.41) is 13.2. The highest BCUT2D eigenvalue weighted by Crippen LogP contribution is 2.44. The van der Waals surface area contributed by atoms with E-state index in [0.717, 1.165) is 37.8 Å². The number of carboxylic acids is 1. The molecule has 1 saturated carbocycles. The van der Waals surface area contributed by atoms with Crippen molar-refractivity contribution in [1.82, 2.24) is 9.78 Å². The molecule has 1 aromatic heterocycles. The van der Waals surface area contributed by atoms with Crippen LogP contribution >= 0.6 is 0 Å². The predicted molar refractivity (Wildman–Crippen MR) is 55.4 cm³/mol. The molecule has 15 heavy (non-hydrogen) atoms. The molecule has 0 spiro atoms. The topological polar surface area (TPSA) is 55.1 Å². The van der Waals surface area contributed by atoms with Crippen LogP contribution in [0.4, 0.5) is 0 Å². The number of carbonyl (C=O) groups is 1. The van der Waals surface area contributed by atoms with Gasteiger partial charge in [-0.1, -0.05) is 6.42 Å². The number of carboxylic acid groups (broad SMARTS) is 1. The highest BCUT2D eigenvalue weighted by Gasteiger charge is 2.43. The molecule has 2 rings (SSSR count). The maximum absolute atomic E-state index is 11.1. The van der Waals surface area contributed by atoms with E-state index in [2.05, 4.69) is 5.10 Å². The maximum Gasteiger partial charge on any atom is 0.309 e. The third-order valence-electron chi connectivity index (χ3n) is 3.55. The van der Waals surface area contributed by atoms with Gasteiger partial charge in [-0.25, -0.2) is 0 Å². The average molecular weight is 208 g/mol. The Morgan fingerprint density at radius 3 is 2.80 bits per heavy atom. The lowest BCUT2D eigenvalue weighted by Gasteiger charge is -2.37. The first-order valence-electron chi connectivity index (χ1n) is 5.34. The molecule has 4 heteroatoms. The molecular formula is C11H16N2O2. The van der Waals surface area contributed by atoms with E-state index in [4.69, 9.17) is 5.11 Å². The molecule has 1 aromatic rings. The Morgan fingerprint density at radius 2 is 2.40 bits per heavy atom. The largest absolute Gasteiger partial charge is 0.481 e. The first-order chi connectivity index (χ1) is 7.14. The SMILES string of the molecule is Cn1nccc1CCC1(C(=O)O)CCC1. The van der Waals surface area contributed by atoms with Crippen LogP contribution in [-0.4, -0.2) is 20.9 Å². The standard InChI is InChI=1S/C11H16N2O2/c1-13-9(4-8-12-13)3-7-11(10(14)15)5-2-6-11/h4,8H,2-3,5-7H2,1H3,(H,14,15). The molecule has 0 atom stereocenters. The Morgan fingerprint density at radius 1 is 1.67 bits per heavy atom. The number of hydrogen-bond donors (Lipinski definition) is 1. The predicted octanol–water partition coefficient (Wildman–Crippen LogP) is 1.61. The van der Waals surface area contributed by atoms with Gasteiger partial charge in [-0.3, -0.25) is 9.48 Å². The van der Waals surface area contributed by atoms with Gasteiger partial charge in [-0.15, -0.1) is 0 Å². The summed E-state index contributed by atoms with van der Waals surface area (Å²) < 4.78 is 1.81. The molecule has 1 aliphatic rings. The number of hydrogen-bond acceptors (Lipinski definition) is 2. The summed E-state index contributed by atoms with van der Waals surface area (Å²) in [4.78, 5) is 11.1. The van der Waals surface area contributed by atoms with Gasteiger partial charge in [0.2, 0.25) is 0 Å². The Kier molecular flexibility index (Phi) is 2.50. The van der Waals surface area contributed by atoms with Gasteiger partial charge in [-0.05, 0) is 31.7 Å². The van der Waals surface area contributed by atoms with E-state index in [9.17, 15) is 4.79 Å². The smallest absolute Gasteiger partial charge is 0.309 e. The van der Waals surface area contributed by atoms with Gasteiger partial charge >= 0.3 is 5.97 Å². The van der Waals surface area contributed by atoms with Gasteiger partial charge < -0.3 is 5.11 Å². The third-order valence-corrected chi connectivity index (χ3v) is 3.55. The lowest BCUT2D eigenvalue weighted by atomic mass is 9.66. The first kappa shape index (κ1) is 10.2. The fourth-order valence-corrected chi connectivity index (χ4v) is 2.19. The molecule has 1 aliphatic carbocycles. The molecule has 1 heterocycles. The number of aryl methyl sites for hydroxylation is 2. The van der Waals surface area contributed by atoms with E-state index in [0.29, 0.717) is 0 Å². The number of rotatable bonds is 4. The Balaban J connectivity index is 1.98. The van der Waals surface area contributed by atoms with Gasteiger partial charge in [0.25, 0.3) is 0 Å². The summed E-state index contributed by atoms with van der Waals surface area (Å²) >= 11 is 0. The molecule has 0 amide bonds. The third kappa shape index (κ3) is 1.76. The number of aliphatic carboxylic acids is 1. The van der Waals surface area contributed by atoms with Gasteiger partial charge in [-0.2, -0.15) is 5.10 Å². The molecule has 1 N–H and O–H groups in total. The maximum atomic E-state index is 11.1. The van der Waals surface area contributed by atoms with Gasteiger partial charge in [0.05, 0.1) is 5.41 Å². The van der Waals surface area contributed by atoms with E-state index < -0.39 is 11.4 Å². The van der Waals surface area contributed by atoms with E-state index in [1.165, 1.54) is 0 Å². The first-order valence-corrected chi connectivity index (χ1v) is 5.34. The van der Waals surface area contributed by atoms with Crippen LogP contribution in [0.2, 0.25) is 0 Å². The molecular weight excluding hydrogens is 192 g/mol. The summed E-state index contributed by atoms with van der Waals surface area (Å²) in [5.41, 5.74) is 0.673. The summed E-state index contributed by atoms with van der Waals surface area (Å²) in [7, 11) is 1.89. The van der Waals surface area contributed by atoms with Crippen molar-refractivity contribution in [2.45, 2.75) is 32.1 Å². The van der Waals surface area contributed by atoms with Crippen molar-refractivity contribution in [1.29, 1.82) is 0 Å². The van der Waals surface area contributed by atoms with Gasteiger partial charge in [0, 0.05) is 18.9 Å². The summed E-state index contributed by atoms with van der Waals surface area (Å²) in [5.74, 6) is -0.629. The zero-order chi connectivity index (χ0) is 10.9. The monoisotopic (exact) mass is 208 g/mol. The summed E-state index contributed by atoms with van der Waals surface area (Å²) in [6.07, 6.45) is 6.02. The second-order valence-electron chi connectivity index (χ2n) is 4.39. The van der Waals surface area contributed by atoms with Crippen molar-refractivity contribution in [3.8, 4) is 0 Å². The Hall–Kier alpha value is -1.32. The van der Waals surface area contributed by atoms with E-state index in [1.54, 1.807) is 6.20 Å². The molecule has 0 unspecified atom stereocenters. The van der Waals surface area contributed by atoms with Crippen LogP contribution in [0, 0.1) is 5.41 Å². The van der Waals surface area contributed by atoms with Gasteiger partial charge in [0.1, 0.15) is 0 Å². The lowest BCUT2D eigenvalue weighted by Crippen LogP contribution is -2.38. The molecule has 82 valence electrons. The second kappa shape index (κ2) is 3.68. The molecule has 1 fully saturated rings. The van der Waals surface area contributed by atoms with Crippen LogP contribution < -0.4 is 0 Å². The van der Waals surface area contributed by atoms with Crippen LogP contribution in [0.5, 0.6) is 0 Å². The van der Waals surface area contributed by atoms with Crippen molar-refractivity contribution in [3.63, 3.8) is 0 Å². The van der Waals surface area contributed by atoms with Crippen molar-refractivity contribution in [2.24, 2.45) is 12.5 Å². The summed E-state index contributed by atoms with van der Waals surface area (Å²) in [6.45, 7) is 0. The molecule has 0 radical (unpaired) electrons. The average Bonchev–Trinajstić information content (AvgIpc) is 2.49. The minimum Gasteiger partial charge on any atom is -0.481 e. The lowest BCUT2D eigenvalue weighted by molar-refractivity contribution is -0.155. The second-order valence-corrected chi connectivity index (χ2v) is 4.39. The van der Waals surface area contributed by atoms with Crippen LogP contribution in [-0.2, 0) is 18.3 Å². The highest BCUT2D eigenvalue weighted by molar-refractivity contribution is 5.75. The van der Waals surface area contributed by atoms with E-state index in [-0.39, 0.29) is 0 Å². The molecule has 4 nitrogen and oxygen atoms in total. The zero-order valence-electron chi connectivity index (χ0n) is 8.94. The van der Waals surface area contributed by atoms with Crippen molar-refractivity contribution in [3.05, 3.63) is 18.0 Å². The Bertz CT molecular complexity index is 366. The number of aromatic nitrogens is 2. The van der Waals surface area contributed by atoms with Crippen molar-refractivity contribution < 1.29 is 9.90 Å². The van der Waals surface area contributed by atoms with Gasteiger partial charge in [0.15, 0.2) is 0 Å². The van der Waals surface area contributed by atoms with Crippen LogP contribution in [0.1, 0.15) is 31.4 Å². The van der Waals surface area contributed by atoms with E-state index >= 15 is 0 Å². The number of nitrogens with zero attached hydrogens (tertiary/aromatic N) is 2. The van der Waals surface area contributed by atoms with E-state index in [1.807, 2.05) is 17.8 Å². The van der Waals surface area contributed by atoms with Crippen LogP contribution in [0.25, 0.3) is 0 Å². The highest BCUT2D eigenvalue weighted by atomic mass is 16.4. The normalized spacial score (nSPS) is 18.5. The van der Waals surface area contributed by atoms with Crippen LogP contribution in [0.3, 0.4) is 0 Å². The molecule has 0 aliphatic heterocycles. The van der Waals surface area contributed by atoms with Crippen LogP contribution in [0.15, 0.2) is 12.3 Å². The fourth-order valence-electron chi connectivity index (χ4n) is 2.19. The summed E-state index contributed by atoms with van der Waals surface area (Å²) in [6, 6.07) is 1.95. The Labute approximate surface area is 88.9 Å². The molecule has 0 aromatic carbocycles. The van der Waals surface area contributed by atoms with Crippen molar-refractivity contribution in [2.75, 3.05) is 0 Å². The zero-order valence-corrected chi connectivity index (χ0v) is 8.94. The molecule has 0 saturated heterocycles.